The second kappa shape index (κ2) is 7.89. The van der Waals surface area contributed by atoms with Gasteiger partial charge in [0, 0.05) is 16.7 Å². The molecule has 4 nitrogen and oxygen atoms in total. The maximum Gasteiger partial charge on any atom is 0.169 e. The van der Waals surface area contributed by atoms with Crippen molar-refractivity contribution in [2.24, 2.45) is 0 Å². The van der Waals surface area contributed by atoms with E-state index in [-0.39, 0.29) is 5.57 Å². The second-order valence-corrected chi connectivity index (χ2v) is 5.02. The van der Waals surface area contributed by atoms with Gasteiger partial charge in [0.1, 0.15) is 24.3 Å². The van der Waals surface area contributed by atoms with Gasteiger partial charge in [-0.05, 0) is 17.7 Å². The summed E-state index contributed by atoms with van der Waals surface area (Å²) in [5.74, 6) is 0.874. The predicted octanol–water partition coefficient (Wildman–Crippen LogP) is 4.36. The lowest BCUT2D eigenvalue weighted by atomic mass is 10.1. The average Bonchev–Trinajstić information content (AvgIpc) is 2.59. The molecule has 0 aliphatic heterocycles. The summed E-state index contributed by atoms with van der Waals surface area (Å²) in [7, 11) is 1.50. The van der Waals surface area contributed by atoms with Crippen molar-refractivity contribution in [1.29, 1.82) is 10.5 Å². The van der Waals surface area contributed by atoms with E-state index in [0.717, 1.165) is 5.56 Å². The zero-order chi connectivity index (χ0) is 16.7. The predicted molar refractivity (Wildman–Crippen MR) is 88.0 cm³/mol. The van der Waals surface area contributed by atoms with Gasteiger partial charge in [0.2, 0.25) is 0 Å². The van der Waals surface area contributed by atoms with E-state index in [1.165, 1.54) is 13.2 Å². The maximum atomic E-state index is 8.94. The highest BCUT2D eigenvalue weighted by molar-refractivity contribution is 6.31. The number of nitriles is 2. The summed E-state index contributed by atoms with van der Waals surface area (Å²) in [6.45, 7) is 0.327. The van der Waals surface area contributed by atoms with Crippen LogP contribution in [0.3, 0.4) is 0 Å². The van der Waals surface area contributed by atoms with Crippen LogP contribution in [0.5, 0.6) is 11.5 Å². The van der Waals surface area contributed by atoms with Crippen LogP contribution in [-0.4, -0.2) is 7.11 Å². The van der Waals surface area contributed by atoms with Crippen LogP contribution in [0.15, 0.2) is 48.0 Å². The van der Waals surface area contributed by atoms with Gasteiger partial charge in [-0.15, -0.1) is 0 Å². The second-order valence-electron chi connectivity index (χ2n) is 4.58. The van der Waals surface area contributed by atoms with Gasteiger partial charge in [0.05, 0.1) is 7.11 Å². The first kappa shape index (κ1) is 16.4. The molecule has 0 aliphatic carbocycles. The summed E-state index contributed by atoms with van der Waals surface area (Å²) in [6, 6.07) is 16.5. The van der Waals surface area contributed by atoms with Crippen molar-refractivity contribution in [3.8, 4) is 23.6 Å². The molecule has 0 unspecified atom stereocenters. The SMILES string of the molecule is COc1cc(Cl)cc(C=C(C#N)C#N)c1OCc1ccccc1. The van der Waals surface area contributed by atoms with Crippen LogP contribution >= 0.6 is 11.6 Å². The van der Waals surface area contributed by atoms with Crippen molar-refractivity contribution in [2.75, 3.05) is 7.11 Å². The minimum atomic E-state index is -0.0427. The Bertz CT molecular complexity index is 786. The van der Waals surface area contributed by atoms with Crippen molar-refractivity contribution >= 4 is 17.7 Å². The number of halogens is 1. The Hall–Kier alpha value is -2.95. The molecule has 0 aromatic heterocycles. The van der Waals surface area contributed by atoms with Crippen molar-refractivity contribution in [1.82, 2.24) is 0 Å². The Morgan fingerprint density at radius 3 is 2.48 bits per heavy atom. The molecule has 0 bridgehead atoms. The van der Waals surface area contributed by atoms with Gasteiger partial charge in [0.15, 0.2) is 11.5 Å². The van der Waals surface area contributed by atoms with E-state index in [0.29, 0.717) is 28.7 Å². The minimum absolute atomic E-state index is 0.0427. The molecule has 0 atom stereocenters. The number of ether oxygens (including phenoxy) is 2. The van der Waals surface area contributed by atoms with Gasteiger partial charge in [0.25, 0.3) is 0 Å². The van der Waals surface area contributed by atoms with Crippen LogP contribution in [0.2, 0.25) is 5.02 Å². The number of allylic oxidation sites excluding steroid dienone is 1. The molecule has 0 saturated heterocycles. The molecule has 23 heavy (non-hydrogen) atoms. The van der Waals surface area contributed by atoms with E-state index in [9.17, 15) is 0 Å². The fourth-order valence-corrected chi connectivity index (χ4v) is 2.19. The molecule has 2 rings (SSSR count). The van der Waals surface area contributed by atoms with Crippen LogP contribution in [0.25, 0.3) is 6.08 Å². The molecular weight excluding hydrogens is 312 g/mol. The first-order valence-corrected chi connectivity index (χ1v) is 7.12. The third kappa shape index (κ3) is 4.26. The summed E-state index contributed by atoms with van der Waals surface area (Å²) in [5, 5.41) is 18.3. The lowest BCUT2D eigenvalue weighted by Crippen LogP contribution is -2.00. The fraction of sp³-hybridized carbons (Fsp3) is 0.111. The Labute approximate surface area is 139 Å². The van der Waals surface area contributed by atoms with Gasteiger partial charge < -0.3 is 9.47 Å². The van der Waals surface area contributed by atoms with Gasteiger partial charge in [-0.25, -0.2) is 0 Å². The van der Waals surface area contributed by atoms with E-state index in [2.05, 4.69) is 0 Å². The van der Waals surface area contributed by atoms with Crippen molar-refractivity contribution < 1.29 is 9.47 Å². The summed E-state index contributed by atoms with van der Waals surface area (Å²) in [6.07, 6.45) is 1.43. The zero-order valence-corrected chi connectivity index (χ0v) is 13.2. The van der Waals surface area contributed by atoms with Gasteiger partial charge >= 0.3 is 0 Å². The van der Waals surface area contributed by atoms with E-state index < -0.39 is 0 Å². The molecule has 5 heteroatoms. The molecule has 2 aromatic rings. The van der Waals surface area contributed by atoms with E-state index in [1.807, 2.05) is 42.5 Å². The van der Waals surface area contributed by atoms with Crippen LogP contribution in [0.4, 0.5) is 0 Å². The van der Waals surface area contributed by atoms with E-state index >= 15 is 0 Å². The first-order chi connectivity index (χ1) is 11.2. The summed E-state index contributed by atoms with van der Waals surface area (Å²) in [5.41, 5.74) is 1.46. The number of rotatable bonds is 5. The van der Waals surface area contributed by atoms with Crippen LogP contribution in [0.1, 0.15) is 11.1 Å². The molecule has 0 fully saturated rings. The lowest BCUT2D eigenvalue weighted by Gasteiger charge is -2.14. The summed E-state index contributed by atoms with van der Waals surface area (Å²) < 4.78 is 11.1. The summed E-state index contributed by atoms with van der Waals surface area (Å²) in [4.78, 5) is 0. The number of methoxy groups -OCH3 is 1. The Kier molecular flexibility index (Phi) is 5.63. The smallest absolute Gasteiger partial charge is 0.169 e. The number of nitrogens with zero attached hydrogens (tertiary/aromatic N) is 2. The fourth-order valence-electron chi connectivity index (χ4n) is 1.98. The lowest BCUT2D eigenvalue weighted by molar-refractivity contribution is 0.284. The third-order valence-corrected chi connectivity index (χ3v) is 3.25. The Balaban J connectivity index is 2.41. The zero-order valence-electron chi connectivity index (χ0n) is 12.4. The molecule has 0 radical (unpaired) electrons. The van der Waals surface area contributed by atoms with Crippen molar-refractivity contribution in [2.45, 2.75) is 6.61 Å². The van der Waals surface area contributed by atoms with Crippen LogP contribution < -0.4 is 9.47 Å². The number of hydrogen-bond donors (Lipinski definition) is 0. The minimum Gasteiger partial charge on any atom is -0.493 e. The largest absolute Gasteiger partial charge is 0.493 e. The highest BCUT2D eigenvalue weighted by Gasteiger charge is 2.13. The standard InChI is InChI=1S/C18H13ClN2O2/c1-22-17-9-16(19)8-15(7-14(10-20)11-21)18(17)23-12-13-5-3-2-4-6-13/h2-9H,12H2,1H3. The van der Waals surface area contributed by atoms with Crippen molar-refractivity contribution in [3.05, 3.63) is 64.2 Å². The van der Waals surface area contributed by atoms with Crippen LogP contribution in [-0.2, 0) is 6.61 Å². The molecule has 0 spiro atoms. The number of benzene rings is 2. The van der Waals surface area contributed by atoms with Crippen molar-refractivity contribution in [3.63, 3.8) is 0 Å². The average molecular weight is 325 g/mol. The monoisotopic (exact) mass is 324 g/mol. The molecule has 0 saturated carbocycles. The van der Waals surface area contributed by atoms with Gasteiger partial charge in [-0.2, -0.15) is 10.5 Å². The molecule has 114 valence electrons. The van der Waals surface area contributed by atoms with Gasteiger partial charge in [-0.1, -0.05) is 41.9 Å². The normalized spacial score (nSPS) is 9.39. The Morgan fingerprint density at radius 1 is 1.17 bits per heavy atom. The highest BCUT2D eigenvalue weighted by Crippen LogP contribution is 2.36. The van der Waals surface area contributed by atoms with E-state index in [4.69, 9.17) is 31.6 Å². The third-order valence-electron chi connectivity index (χ3n) is 3.04. The van der Waals surface area contributed by atoms with Crippen LogP contribution in [0, 0.1) is 22.7 Å². The Morgan fingerprint density at radius 2 is 1.87 bits per heavy atom. The molecule has 0 heterocycles. The first-order valence-electron chi connectivity index (χ1n) is 6.74. The highest BCUT2D eigenvalue weighted by atomic mass is 35.5. The molecule has 0 aliphatic rings. The van der Waals surface area contributed by atoms with E-state index in [1.54, 1.807) is 12.1 Å². The molecular formula is C18H13ClN2O2. The number of hydrogen-bond acceptors (Lipinski definition) is 4. The molecule has 0 amide bonds. The topological polar surface area (TPSA) is 66.0 Å². The molecule has 0 N–H and O–H groups in total. The van der Waals surface area contributed by atoms with Gasteiger partial charge in [-0.3, -0.25) is 0 Å². The molecule has 2 aromatic carbocycles. The maximum absolute atomic E-state index is 8.94. The summed E-state index contributed by atoms with van der Waals surface area (Å²) >= 11 is 6.06. The quantitative estimate of drug-likeness (QED) is 0.766.